The summed E-state index contributed by atoms with van der Waals surface area (Å²) in [5, 5.41) is 0. The summed E-state index contributed by atoms with van der Waals surface area (Å²) >= 11 is 0. The Hall–Kier alpha value is -2.04. The number of anilines is 1. The van der Waals surface area contributed by atoms with Gasteiger partial charge in [-0.1, -0.05) is 13.8 Å². The predicted molar refractivity (Wildman–Crippen MR) is 73.7 cm³/mol. The maximum absolute atomic E-state index is 12.0. The third-order valence-corrected chi connectivity index (χ3v) is 3.03. The molecule has 0 saturated heterocycles. The Morgan fingerprint density at radius 3 is 2.47 bits per heavy atom. The Kier molecular flexibility index (Phi) is 4.53. The van der Waals surface area contributed by atoms with E-state index in [4.69, 9.17) is 16.2 Å². The summed E-state index contributed by atoms with van der Waals surface area (Å²) in [6, 6.07) is 5.28. The van der Waals surface area contributed by atoms with Gasteiger partial charge in [0, 0.05) is 11.1 Å². The lowest BCUT2D eigenvalue weighted by Crippen LogP contribution is -2.31. The lowest BCUT2D eigenvalue weighted by Gasteiger charge is -2.23. The van der Waals surface area contributed by atoms with Crippen LogP contribution in [0.1, 0.15) is 25.8 Å². The average molecular weight is 264 g/mol. The third-order valence-electron chi connectivity index (χ3n) is 3.03. The Balaban J connectivity index is 2.97. The molecule has 0 aliphatic carbocycles. The molecule has 19 heavy (non-hydrogen) atoms. The second-order valence-electron chi connectivity index (χ2n) is 5.20. The summed E-state index contributed by atoms with van der Waals surface area (Å²) in [6.07, 6.45) is 0.185. The fourth-order valence-corrected chi connectivity index (χ4v) is 1.91. The van der Waals surface area contributed by atoms with Crippen molar-refractivity contribution in [2.45, 2.75) is 26.7 Å². The number of hydrogen-bond acceptors (Lipinski definition) is 4. The zero-order valence-electron chi connectivity index (χ0n) is 11.5. The minimum absolute atomic E-state index is 0.190. The van der Waals surface area contributed by atoms with Gasteiger partial charge in [0.1, 0.15) is 11.5 Å². The largest absolute Gasteiger partial charge is 0.496 e. The van der Waals surface area contributed by atoms with E-state index in [1.165, 1.54) is 0 Å². The summed E-state index contributed by atoms with van der Waals surface area (Å²) in [7, 11) is 1.56. The molecule has 0 spiro atoms. The van der Waals surface area contributed by atoms with E-state index in [0.717, 1.165) is 5.56 Å². The van der Waals surface area contributed by atoms with Gasteiger partial charge < -0.3 is 16.2 Å². The van der Waals surface area contributed by atoms with Gasteiger partial charge in [0.05, 0.1) is 13.5 Å². The maximum Gasteiger partial charge on any atom is 0.224 e. The van der Waals surface area contributed by atoms with Crippen LogP contribution in [0.25, 0.3) is 0 Å². The first-order valence-corrected chi connectivity index (χ1v) is 6.00. The van der Waals surface area contributed by atoms with Crippen LogP contribution < -0.4 is 16.2 Å². The monoisotopic (exact) mass is 264 g/mol. The van der Waals surface area contributed by atoms with Crippen LogP contribution in [0.15, 0.2) is 18.2 Å². The van der Waals surface area contributed by atoms with Crippen molar-refractivity contribution in [2.75, 3.05) is 12.8 Å². The minimum Gasteiger partial charge on any atom is -0.496 e. The Morgan fingerprint density at radius 2 is 1.95 bits per heavy atom. The van der Waals surface area contributed by atoms with Crippen molar-refractivity contribution >= 4 is 17.4 Å². The third kappa shape index (κ3) is 3.98. The second kappa shape index (κ2) is 5.73. The normalized spacial score (nSPS) is 11.1. The average Bonchev–Trinajstić information content (AvgIpc) is 2.27. The molecule has 1 rings (SSSR count). The first-order chi connectivity index (χ1) is 8.76. The number of ether oxygens (including phenoxy) is 1. The molecule has 0 radical (unpaired) electrons. The lowest BCUT2D eigenvalue weighted by molar-refractivity contribution is -0.131. The molecule has 4 N–H and O–H groups in total. The zero-order valence-corrected chi connectivity index (χ0v) is 11.5. The number of primary amides is 1. The first kappa shape index (κ1) is 15.0. The van der Waals surface area contributed by atoms with Gasteiger partial charge in [-0.3, -0.25) is 9.59 Å². The molecule has 0 unspecified atom stereocenters. The number of Topliss-reactive ketones (excluding diaryl/α,β-unsaturated/α-hetero) is 1. The number of methoxy groups -OCH3 is 1. The maximum atomic E-state index is 12.0. The van der Waals surface area contributed by atoms with Crippen molar-refractivity contribution in [3.05, 3.63) is 23.8 Å². The molecule has 0 aliphatic rings. The molecule has 1 aromatic rings. The van der Waals surface area contributed by atoms with Gasteiger partial charge in [0.15, 0.2) is 0 Å². The summed E-state index contributed by atoms with van der Waals surface area (Å²) < 4.78 is 5.25. The molecular formula is C14H20N2O3. The molecule has 104 valence electrons. The van der Waals surface area contributed by atoms with Crippen molar-refractivity contribution in [3.8, 4) is 5.75 Å². The molecular weight excluding hydrogens is 244 g/mol. The van der Waals surface area contributed by atoms with Gasteiger partial charge in [-0.05, 0) is 30.2 Å². The van der Waals surface area contributed by atoms with Crippen LogP contribution in [0.2, 0.25) is 0 Å². The fraction of sp³-hybridized carbons (Fsp3) is 0.429. The quantitative estimate of drug-likeness (QED) is 0.597. The fourth-order valence-electron chi connectivity index (χ4n) is 1.91. The highest BCUT2D eigenvalue weighted by Crippen LogP contribution is 2.30. The van der Waals surface area contributed by atoms with E-state index >= 15 is 0 Å². The summed E-state index contributed by atoms with van der Waals surface area (Å²) in [4.78, 5) is 22.8. The molecule has 0 fully saturated rings. The summed E-state index contributed by atoms with van der Waals surface area (Å²) in [5.41, 5.74) is 11.5. The zero-order chi connectivity index (χ0) is 14.6. The number of carbonyl (C=O) groups excluding carboxylic acids is 2. The van der Waals surface area contributed by atoms with Gasteiger partial charge in [0.2, 0.25) is 5.91 Å². The van der Waals surface area contributed by atoms with Crippen LogP contribution in [0, 0.1) is 5.41 Å². The van der Waals surface area contributed by atoms with Crippen molar-refractivity contribution in [1.29, 1.82) is 0 Å². The smallest absolute Gasteiger partial charge is 0.224 e. The second-order valence-corrected chi connectivity index (χ2v) is 5.20. The predicted octanol–water partition coefficient (Wildman–Crippen LogP) is 1.29. The van der Waals surface area contributed by atoms with Gasteiger partial charge in [0.25, 0.3) is 0 Å². The Labute approximate surface area is 112 Å². The summed E-state index contributed by atoms with van der Waals surface area (Å²) in [5.74, 6) is -0.128. The van der Waals surface area contributed by atoms with Crippen molar-refractivity contribution < 1.29 is 14.3 Å². The number of carbonyl (C=O) groups is 2. The van der Waals surface area contributed by atoms with Crippen LogP contribution in [-0.2, 0) is 16.0 Å². The van der Waals surface area contributed by atoms with Crippen molar-refractivity contribution in [3.63, 3.8) is 0 Å². The minimum atomic E-state index is -0.698. The molecule has 0 aromatic heterocycles. The topological polar surface area (TPSA) is 95.4 Å². The van der Waals surface area contributed by atoms with Gasteiger partial charge in [-0.25, -0.2) is 0 Å². The standard InChI is InChI=1S/C14H20N2O3/c1-14(2,12(17)7-13(16)18)8-9-6-10(15)4-5-11(9)19-3/h4-6H,7-8,15H2,1-3H3,(H2,16,18). The highest BCUT2D eigenvalue weighted by molar-refractivity contribution is 6.00. The number of hydrogen-bond donors (Lipinski definition) is 2. The van der Waals surface area contributed by atoms with E-state index in [9.17, 15) is 9.59 Å². The molecule has 5 heteroatoms. The molecule has 1 aromatic carbocycles. The highest BCUT2D eigenvalue weighted by Gasteiger charge is 2.29. The van der Waals surface area contributed by atoms with E-state index < -0.39 is 11.3 Å². The number of benzene rings is 1. The highest BCUT2D eigenvalue weighted by atomic mass is 16.5. The number of nitrogen functional groups attached to an aromatic ring is 1. The molecule has 0 aliphatic heterocycles. The number of nitrogens with two attached hydrogens (primary N) is 2. The number of ketones is 1. The Morgan fingerprint density at radius 1 is 1.32 bits per heavy atom. The molecule has 5 nitrogen and oxygen atoms in total. The van der Waals surface area contributed by atoms with Crippen molar-refractivity contribution in [1.82, 2.24) is 0 Å². The van der Waals surface area contributed by atoms with E-state index in [-0.39, 0.29) is 12.2 Å². The van der Waals surface area contributed by atoms with Crippen LogP contribution in [0.4, 0.5) is 5.69 Å². The van der Waals surface area contributed by atoms with Crippen LogP contribution >= 0.6 is 0 Å². The molecule has 0 heterocycles. The molecule has 0 atom stereocenters. The SMILES string of the molecule is COc1ccc(N)cc1CC(C)(C)C(=O)CC(N)=O. The van der Waals surface area contributed by atoms with Crippen molar-refractivity contribution in [2.24, 2.45) is 11.1 Å². The van der Waals surface area contributed by atoms with Gasteiger partial charge in [-0.2, -0.15) is 0 Å². The van der Waals surface area contributed by atoms with Gasteiger partial charge >= 0.3 is 0 Å². The van der Waals surface area contributed by atoms with Crippen LogP contribution in [0.3, 0.4) is 0 Å². The number of amides is 1. The van der Waals surface area contributed by atoms with E-state index in [1.807, 2.05) is 0 Å². The van der Waals surface area contributed by atoms with E-state index in [1.54, 1.807) is 39.2 Å². The lowest BCUT2D eigenvalue weighted by atomic mass is 9.80. The number of rotatable bonds is 6. The molecule has 0 saturated carbocycles. The van der Waals surface area contributed by atoms with Crippen LogP contribution in [-0.4, -0.2) is 18.8 Å². The first-order valence-electron chi connectivity index (χ1n) is 6.00. The van der Waals surface area contributed by atoms with Crippen LogP contribution in [0.5, 0.6) is 5.75 Å². The van der Waals surface area contributed by atoms with E-state index in [2.05, 4.69) is 0 Å². The van der Waals surface area contributed by atoms with Gasteiger partial charge in [-0.15, -0.1) is 0 Å². The summed E-state index contributed by atoms with van der Waals surface area (Å²) in [6.45, 7) is 3.56. The van der Waals surface area contributed by atoms with E-state index in [0.29, 0.717) is 17.9 Å². The molecule has 0 bridgehead atoms. The molecule has 1 amide bonds. The Bertz CT molecular complexity index is 495.